The van der Waals surface area contributed by atoms with E-state index in [1.165, 1.54) is 5.56 Å². The number of ether oxygens (including phenoxy) is 3. The molecule has 6 heteroatoms. The highest BCUT2D eigenvalue weighted by atomic mass is 16.5. The summed E-state index contributed by atoms with van der Waals surface area (Å²) >= 11 is 0. The van der Waals surface area contributed by atoms with Crippen molar-refractivity contribution >= 4 is 5.91 Å². The van der Waals surface area contributed by atoms with Crippen molar-refractivity contribution in [3.63, 3.8) is 0 Å². The second kappa shape index (κ2) is 8.36. The Kier molecular flexibility index (Phi) is 5.44. The number of hydrogen-bond donors (Lipinski definition) is 0. The van der Waals surface area contributed by atoms with Gasteiger partial charge in [0.05, 0.1) is 38.8 Å². The Labute approximate surface area is 177 Å². The molecule has 1 unspecified atom stereocenters. The number of amides is 1. The van der Waals surface area contributed by atoms with Gasteiger partial charge in [0.1, 0.15) is 11.4 Å². The summed E-state index contributed by atoms with van der Waals surface area (Å²) < 4.78 is 17.9. The third-order valence-electron chi connectivity index (χ3n) is 6.32. The maximum Gasteiger partial charge on any atom is 0.227 e. The number of pyridine rings is 1. The monoisotopic (exact) mass is 408 g/mol. The highest BCUT2D eigenvalue weighted by Crippen LogP contribution is 2.36. The van der Waals surface area contributed by atoms with Gasteiger partial charge in [-0.25, -0.2) is 0 Å². The van der Waals surface area contributed by atoms with E-state index in [0.717, 1.165) is 49.2 Å². The average Bonchev–Trinajstić information content (AvgIpc) is 2.77. The summed E-state index contributed by atoms with van der Waals surface area (Å²) in [5, 5.41) is 0. The van der Waals surface area contributed by atoms with Crippen molar-refractivity contribution in [3.05, 3.63) is 59.4 Å². The molecule has 1 aromatic heterocycles. The van der Waals surface area contributed by atoms with E-state index < -0.39 is 0 Å². The fraction of sp³-hybridized carbons (Fsp3) is 0.500. The molecule has 1 aromatic carbocycles. The SMILES string of the molecule is O=C(Cc1ccc2c(c1)CCCO2)N1CC2(CC(OCc3ccncc3)CCO2)C1. The Balaban J connectivity index is 1.13. The number of fused-ring (bicyclic) bond motifs is 1. The van der Waals surface area contributed by atoms with Crippen molar-refractivity contribution < 1.29 is 19.0 Å². The zero-order valence-corrected chi connectivity index (χ0v) is 17.2. The molecule has 2 aromatic rings. The summed E-state index contributed by atoms with van der Waals surface area (Å²) in [7, 11) is 0. The Bertz CT molecular complexity index is 895. The van der Waals surface area contributed by atoms with Crippen LogP contribution in [-0.2, 0) is 33.7 Å². The number of rotatable bonds is 5. The second-order valence-electron chi connectivity index (χ2n) is 8.63. The van der Waals surface area contributed by atoms with Gasteiger partial charge in [-0.3, -0.25) is 9.78 Å². The van der Waals surface area contributed by atoms with Gasteiger partial charge >= 0.3 is 0 Å². The van der Waals surface area contributed by atoms with E-state index in [1.807, 2.05) is 29.2 Å². The van der Waals surface area contributed by atoms with Gasteiger partial charge in [-0.2, -0.15) is 0 Å². The molecule has 4 heterocycles. The van der Waals surface area contributed by atoms with Crippen LogP contribution in [0.15, 0.2) is 42.7 Å². The van der Waals surface area contributed by atoms with Crippen LogP contribution in [0.5, 0.6) is 5.75 Å². The minimum atomic E-state index is -0.236. The fourth-order valence-corrected chi connectivity index (χ4v) is 4.67. The molecular formula is C24H28N2O4. The van der Waals surface area contributed by atoms with Crippen LogP contribution in [0.1, 0.15) is 36.0 Å². The van der Waals surface area contributed by atoms with E-state index in [2.05, 4.69) is 11.1 Å². The lowest BCUT2D eigenvalue weighted by Crippen LogP contribution is -2.67. The van der Waals surface area contributed by atoms with Gasteiger partial charge in [0, 0.05) is 25.4 Å². The molecule has 30 heavy (non-hydrogen) atoms. The fourth-order valence-electron chi connectivity index (χ4n) is 4.67. The standard InChI is InChI=1S/C24H28N2O4/c27-23(13-19-3-4-22-20(12-19)2-1-10-28-22)26-16-24(17-26)14-21(7-11-30-24)29-15-18-5-8-25-9-6-18/h3-6,8-9,12,21H,1-2,7,10-11,13-17H2. The predicted octanol–water partition coefficient (Wildman–Crippen LogP) is 2.93. The first-order chi connectivity index (χ1) is 14.7. The minimum absolute atomic E-state index is 0.167. The van der Waals surface area contributed by atoms with Crippen molar-refractivity contribution in [2.75, 3.05) is 26.3 Å². The quantitative estimate of drug-likeness (QED) is 0.761. The highest BCUT2D eigenvalue weighted by molar-refractivity contribution is 5.80. The molecule has 0 radical (unpaired) electrons. The van der Waals surface area contributed by atoms with E-state index in [9.17, 15) is 4.79 Å². The van der Waals surface area contributed by atoms with Gasteiger partial charge in [-0.15, -0.1) is 0 Å². The van der Waals surface area contributed by atoms with Crippen LogP contribution in [0, 0.1) is 0 Å². The second-order valence-corrected chi connectivity index (χ2v) is 8.63. The zero-order valence-electron chi connectivity index (χ0n) is 17.2. The number of aromatic nitrogens is 1. The number of nitrogens with zero attached hydrogens (tertiary/aromatic N) is 2. The van der Waals surface area contributed by atoms with Gasteiger partial charge in [-0.05, 0) is 54.2 Å². The minimum Gasteiger partial charge on any atom is -0.493 e. The highest BCUT2D eigenvalue weighted by Gasteiger charge is 2.49. The van der Waals surface area contributed by atoms with Crippen molar-refractivity contribution in [1.82, 2.24) is 9.88 Å². The third-order valence-corrected chi connectivity index (χ3v) is 6.32. The maximum absolute atomic E-state index is 12.8. The van der Waals surface area contributed by atoms with Crippen LogP contribution in [0.25, 0.3) is 0 Å². The van der Waals surface area contributed by atoms with Crippen molar-refractivity contribution in [2.45, 2.75) is 50.4 Å². The smallest absolute Gasteiger partial charge is 0.227 e. The van der Waals surface area contributed by atoms with Crippen molar-refractivity contribution in [3.8, 4) is 5.75 Å². The maximum atomic E-state index is 12.8. The lowest BCUT2D eigenvalue weighted by molar-refractivity contribution is -0.202. The lowest BCUT2D eigenvalue weighted by Gasteiger charge is -2.53. The Hall–Kier alpha value is -2.44. The molecule has 0 bridgehead atoms. The van der Waals surface area contributed by atoms with Crippen LogP contribution in [-0.4, -0.2) is 53.8 Å². The van der Waals surface area contributed by atoms with Gasteiger partial charge < -0.3 is 19.1 Å². The molecule has 2 saturated heterocycles. The largest absolute Gasteiger partial charge is 0.493 e. The first-order valence-corrected chi connectivity index (χ1v) is 10.9. The van der Waals surface area contributed by atoms with Gasteiger partial charge in [0.15, 0.2) is 0 Å². The number of carbonyl (C=O) groups excluding carboxylic acids is 1. The van der Waals surface area contributed by atoms with E-state index in [4.69, 9.17) is 14.2 Å². The molecule has 5 rings (SSSR count). The Morgan fingerprint density at radius 1 is 1.17 bits per heavy atom. The average molecular weight is 408 g/mol. The third kappa shape index (κ3) is 4.20. The lowest BCUT2D eigenvalue weighted by atomic mass is 9.84. The summed E-state index contributed by atoms with van der Waals surface area (Å²) in [5.74, 6) is 1.13. The number of benzene rings is 1. The van der Waals surface area contributed by atoms with Crippen molar-refractivity contribution in [1.29, 1.82) is 0 Å². The van der Waals surface area contributed by atoms with Crippen LogP contribution < -0.4 is 4.74 Å². The molecule has 1 amide bonds. The molecule has 0 aliphatic carbocycles. The van der Waals surface area contributed by atoms with Crippen LogP contribution >= 0.6 is 0 Å². The van der Waals surface area contributed by atoms with Crippen molar-refractivity contribution in [2.24, 2.45) is 0 Å². The molecule has 2 fully saturated rings. The molecule has 3 aliphatic heterocycles. The summed E-state index contributed by atoms with van der Waals surface area (Å²) in [4.78, 5) is 18.7. The molecule has 0 saturated carbocycles. The first kappa shape index (κ1) is 19.5. The Morgan fingerprint density at radius 2 is 2.03 bits per heavy atom. The molecule has 1 atom stereocenters. The summed E-state index contributed by atoms with van der Waals surface area (Å²) in [6, 6.07) is 10.1. The molecule has 0 N–H and O–H groups in total. The summed E-state index contributed by atoms with van der Waals surface area (Å²) in [5.41, 5.74) is 3.18. The first-order valence-electron chi connectivity index (χ1n) is 10.9. The van der Waals surface area contributed by atoms with Crippen LogP contribution in [0.3, 0.4) is 0 Å². The summed E-state index contributed by atoms with van der Waals surface area (Å²) in [6.07, 6.45) is 8.00. The molecule has 158 valence electrons. The molecule has 3 aliphatic rings. The van der Waals surface area contributed by atoms with Crippen LogP contribution in [0.4, 0.5) is 0 Å². The van der Waals surface area contributed by atoms with Gasteiger partial charge in [0.25, 0.3) is 0 Å². The number of aryl methyl sites for hydroxylation is 1. The number of carbonyl (C=O) groups is 1. The topological polar surface area (TPSA) is 60.9 Å². The van der Waals surface area contributed by atoms with E-state index in [-0.39, 0.29) is 17.6 Å². The van der Waals surface area contributed by atoms with E-state index in [1.54, 1.807) is 12.4 Å². The van der Waals surface area contributed by atoms with Crippen LogP contribution in [0.2, 0.25) is 0 Å². The Morgan fingerprint density at radius 3 is 2.90 bits per heavy atom. The van der Waals surface area contributed by atoms with Gasteiger partial charge in [-0.1, -0.05) is 12.1 Å². The molecule has 1 spiro atoms. The normalized spacial score (nSPS) is 22.1. The zero-order chi connectivity index (χ0) is 20.4. The predicted molar refractivity (Wildman–Crippen MR) is 111 cm³/mol. The van der Waals surface area contributed by atoms with Gasteiger partial charge in [0.2, 0.25) is 5.91 Å². The van der Waals surface area contributed by atoms with E-state index in [0.29, 0.717) is 32.7 Å². The van der Waals surface area contributed by atoms with E-state index >= 15 is 0 Å². The number of likely N-dealkylation sites (tertiary alicyclic amines) is 1. The number of hydrogen-bond acceptors (Lipinski definition) is 5. The summed E-state index contributed by atoms with van der Waals surface area (Å²) in [6.45, 7) is 3.39. The molecule has 6 nitrogen and oxygen atoms in total. The molecular weight excluding hydrogens is 380 g/mol.